The maximum Gasteiger partial charge on any atom is 0.307 e. The first-order valence-corrected chi connectivity index (χ1v) is 9.40. The van der Waals surface area contributed by atoms with Crippen LogP contribution in [0.25, 0.3) is 0 Å². The number of benzene rings is 2. The lowest BCUT2D eigenvalue weighted by Gasteiger charge is -2.24. The second kappa shape index (κ2) is 10.4. The molecular weight excluding hydrogens is 392 g/mol. The van der Waals surface area contributed by atoms with Crippen molar-refractivity contribution in [3.63, 3.8) is 0 Å². The predicted octanol–water partition coefficient (Wildman–Crippen LogP) is 3.08. The molecule has 2 atom stereocenters. The Morgan fingerprint density at radius 1 is 0.833 bits per heavy atom. The molecule has 4 N–H and O–H groups in total. The molecule has 162 valence electrons. The minimum Gasteiger partial charge on any atom is -0.508 e. The smallest absolute Gasteiger partial charge is 0.307 e. The van der Waals surface area contributed by atoms with E-state index in [1.807, 2.05) is 0 Å². The van der Waals surface area contributed by atoms with Gasteiger partial charge in [-0.25, -0.2) is 0 Å². The molecule has 0 heterocycles. The molecule has 0 radical (unpaired) electrons. The number of aliphatic carboxylic acids is 2. The Bertz CT molecular complexity index is 893. The zero-order valence-corrected chi connectivity index (χ0v) is 16.9. The van der Waals surface area contributed by atoms with Crippen LogP contribution in [0.3, 0.4) is 0 Å². The first-order valence-electron chi connectivity index (χ1n) is 9.40. The van der Waals surface area contributed by atoms with Gasteiger partial charge in [0.1, 0.15) is 23.0 Å². The maximum atomic E-state index is 12.1. The Hall–Kier alpha value is -3.42. The monoisotopic (exact) mass is 418 g/mol. The van der Waals surface area contributed by atoms with E-state index in [-0.39, 0.29) is 37.2 Å². The number of carboxylic acid groups (broad SMARTS) is 2. The van der Waals surface area contributed by atoms with Gasteiger partial charge >= 0.3 is 11.9 Å². The molecule has 0 saturated carbocycles. The van der Waals surface area contributed by atoms with Crippen LogP contribution >= 0.6 is 0 Å². The van der Waals surface area contributed by atoms with Gasteiger partial charge in [0, 0.05) is 18.6 Å². The molecule has 0 amide bonds. The number of carboxylic acids is 2. The van der Waals surface area contributed by atoms with E-state index in [1.54, 1.807) is 12.1 Å². The van der Waals surface area contributed by atoms with E-state index in [0.29, 0.717) is 22.6 Å². The van der Waals surface area contributed by atoms with Gasteiger partial charge in [0.05, 0.1) is 20.1 Å². The van der Waals surface area contributed by atoms with E-state index >= 15 is 0 Å². The van der Waals surface area contributed by atoms with Crippen molar-refractivity contribution in [2.45, 2.75) is 25.7 Å². The van der Waals surface area contributed by atoms with E-state index in [0.717, 1.165) is 0 Å². The average molecular weight is 418 g/mol. The average Bonchev–Trinajstić information content (AvgIpc) is 2.68. The molecule has 0 fully saturated rings. The lowest BCUT2D eigenvalue weighted by molar-refractivity contribution is -0.145. The van der Waals surface area contributed by atoms with Crippen molar-refractivity contribution >= 4 is 11.9 Å². The molecular formula is C22H26O8. The second-order valence-electron chi connectivity index (χ2n) is 7.12. The fourth-order valence-corrected chi connectivity index (χ4v) is 3.52. The summed E-state index contributed by atoms with van der Waals surface area (Å²) in [6.07, 6.45) is 0.277. The van der Waals surface area contributed by atoms with Crippen LogP contribution in [0.15, 0.2) is 36.4 Å². The van der Waals surface area contributed by atoms with Gasteiger partial charge in [-0.15, -0.1) is 0 Å². The van der Waals surface area contributed by atoms with E-state index in [1.165, 1.54) is 38.5 Å². The van der Waals surface area contributed by atoms with Gasteiger partial charge in [-0.3, -0.25) is 9.59 Å². The molecule has 0 aromatic heterocycles. The topological polar surface area (TPSA) is 134 Å². The number of carbonyl (C=O) groups is 2. The van der Waals surface area contributed by atoms with Crippen LogP contribution in [-0.4, -0.2) is 46.6 Å². The van der Waals surface area contributed by atoms with Crippen LogP contribution in [-0.2, 0) is 22.4 Å². The zero-order chi connectivity index (χ0) is 22.3. The molecule has 0 saturated heterocycles. The van der Waals surface area contributed by atoms with Crippen LogP contribution in [0, 0.1) is 11.8 Å². The van der Waals surface area contributed by atoms with Gasteiger partial charge in [0.15, 0.2) is 0 Å². The van der Waals surface area contributed by atoms with Crippen LogP contribution in [0.1, 0.15) is 24.0 Å². The highest BCUT2D eigenvalue weighted by molar-refractivity contribution is 5.71. The zero-order valence-electron chi connectivity index (χ0n) is 16.9. The van der Waals surface area contributed by atoms with E-state index < -0.39 is 23.8 Å². The van der Waals surface area contributed by atoms with Gasteiger partial charge in [-0.2, -0.15) is 0 Å². The Kier molecular flexibility index (Phi) is 7.91. The summed E-state index contributed by atoms with van der Waals surface area (Å²) in [4.78, 5) is 23.2. The molecule has 8 heteroatoms. The number of aromatic hydroxyl groups is 2. The van der Waals surface area contributed by atoms with E-state index in [9.17, 15) is 24.9 Å². The molecule has 2 aromatic rings. The van der Waals surface area contributed by atoms with Gasteiger partial charge in [0.25, 0.3) is 0 Å². The predicted molar refractivity (Wildman–Crippen MR) is 108 cm³/mol. The third-order valence-corrected chi connectivity index (χ3v) is 4.94. The maximum absolute atomic E-state index is 12.1. The van der Waals surface area contributed by atoms with Gasteiger partial charge < -0.3 is 29.9 Å². The highest BCUT2D eigenvalue weighted by atomic mass is 16.5. The van der Waals surface area contributed by atoms with Crippen molar-refractivity contribution in [3.8, 4) is 23.0 Å². The highest BCUT2D eigenvalue weighted by Gasteiger charge is 2.29. The van der Waals surface area contributed by atoms with Crippen molar-refractivity contribution < 1.29 is 39.5 Å². The van der Waals surface area contributed by atoms with Crippen molar-refractivity contribution in [2.75, 3.05) is 14.2 Å². The summed E-state index contributed by atoms with van der Waals surface area (Å²) < 4.78 is 10.3. The second-order valence-corrected chi connectivity index (χ2v) is 7.12. The molecule has 8 nitrogen and oxygen atoms in total. The Labute approximate surface area is 174 Å². The Balaban J connectivity index is 2.35. The lowest BCUT2D eigenvalue weighted by atomic mass is 9.80. The summed E-state index contributed by atoms with van der Waals surface area (Å²) >= 11 is 0. The summed E-state index contributed by atoms with van der Waals surface area (Å²) in [5, 5.41) is 38.8. The summed E-state index contributed by atoms with van der Waals surface area (Å²) in [6.45, 7) is 0. The third-order valence-electron chi connectivity index (χ3n) is 4.94. The molecule has 2 aromatic carbocycles. The Morgan fingerprint density at radius 3 is 1.77 bits per heavy atom. The highest BCUT2D eigenvalue weighted by Crippen LogP contribution is 2.31. The number of methoxy groups -OCH3 is 2. The van der Waals surface area contributed by atoms with Gasteiger partial charge in [-0.1, -0.05) is 0 Å². The van der Waals surface area contributed by atoms with Crippen molar-refractivity contribution in [1.29, 1.82) is 0 Å². The lowest BCUT2D eigenvalue weighted by Crippen LogP contribution is -2.28. The van der Waals surface area contributed by atoms with Gasteiger partial charge in [-0.05, 0) is 60.6 Å². The summed E-state index contributed by atoms with van der Waals surface area (Å²) in [7, 11) is 2.90. The first kappa shape index (κ1) is 22.9. The fraction of sp³-hybridized carbons (Fsp3) is 0.364. The number of rotatable bonds is 11. The Morgan fingerprint density at radius 2 is 1.33 bits per heavy atom. The van der Waals surface area contributed by atoms with Gasteiger partial charge in [0.2, 0.25) is 0 Å². The van der Waals surface area contributed by atoms with Crippen molar-refractivity contribution in [3.05, 3.63) is 47.5 Å². The van der Waals surface area contributed by atoms with E-state index in [4.69, 9.17) is 14.6 Å². The van der Waals surface area contributed by atoms with E-state index in [2.05, 4.69) is 0 Å². The van der Waals surface area contributed by atoms with Crippen LogP contribution in [0.5, 0.6) is 23.0 Å². The van der Waals surface area contributed by atoms with Crippen LogP contribution < -0.4 is 9.47 Å². The summed E-state index contributed by atoms with van der Waals surface area (Å²) in [5.41, 5.74) is 1.20. The molecule has 30 heavy (non-hydrogen) atoms. The minimum absolute atomic E-state index is 0.0223. The minimum atomic E-state index is -1.07. The van der Waals surface area contributed by atoms with Crippen LogP contribution in [0.2, 0.25) is 0 Å². The molecule has 0 spiro atoms. The first-order chi connectivity index (χ1) is 14.2. The summed E-state index contributed by atoms with van der Waals surface area (Å²) in [6, 6.07) is 9.14. The number of ether oxygens (including phenoxy) is 2. The molecule has 0 aliphatic rings. The van der Waals surface area contributed by atoms with Crippen molar-refractivity contribution in [2.24, 2.45) is 11.8 Å². The number of hydrogen-bond acceptors (Lipinski definition) is 6. The van der Waals surface area contributed by atoms with Crippen molar-refractivity contribution in [1.82, 2.24) is 0 Å². The molecule has 0 unspecified atom stereocenters. The quantitative estimate of drug-likeness (QED) is 0.437. The molecule has 0 aliphatic carbocycles. The number of phenols is 2. The number of hydrogen-bond donors (Lipinski definition) is 4. The third kappa shape index (κ3) is 6.58. The normalized spacial score (nSPS) is 12.7. The van der Waals surface area contributed by atoms with Crippen LogP contribution in [0.4, 0.5) is 0 Å². The SMILES string of the molecule is COc1cc(O)cc(C[C@@H](CCC(=O)O)[C@@H](Cc2cc(O)cc(OC)c2)C(=O)O)c1. The molecule has 0 bridgehead atoms. The number of phenolic OH excluding ortho intramolecular Hbond substituents is 2. The fourth-order valence-electron chi connectivity index (χ4n) is 3.52. The molecule has 0 aliphatic heterocycles. The molecule has 2 rings (SSSR count). The standard InChI is InChI=1S/C22H26O8/c1-29-18-8-13(6-16(23)11-18)5-15(3-4-21(25)26)20(22(27)28)10-14-7-17(24)12-19(9-14)30-2/h6-9,11-12,15,20,23-24H,3-5,10H2,1-2H3,(H,25,26)(H,27,28)/t15-,20-/m1/s1. The summed E-state index contributed by atoms with van der Waals surface area (Å²) in [5.74, 6) is -2.78. The largest absolute Gasteiger partial charge is 0.508 e.